The smallest absolute Gasteiger partial charge is 0.279 e. The Morgan fingerprint density at radius 2 is 1.97 bits per heavy atom. The van der Waals surface area contributed by atoms with Crippen molar-refractivity contribution in [3.63, 3.8) is 0 Å². The quantitative estimate of drug-likeness (QED) is 0.273. The summed E-state index contributed by atoms with van der Waals surface area (Å²) in [5.41, 5.74) is 2.34. The van der Waals surface area contributed by atoms with Crippen LogP contribution in [0, 0.1) is 11.3 Å². The van der Waals surface area contributed by atoms with Crippen molar-refractivity contribution in [1.29, 1.82) is 5.26 Å². The predicted octanol–water partition coefficient (Wildman–Crippen LogP) is 2.23. The lowest BCUT2D eigenvalue weighted by molar-refractivity contribution is -0.867. The number of quaternary nitrogens is 1. The number of fused-ring (bicyclic) bond motifs is 1. The van der Waals surface area contributed by atoms with E-state index in [-0.39, 0.29) is 30.3 Å². The summed E-state index contributed by atoms with van der Waals surface area (Å²) in [6.07, 6.45) is 1.95. The fraction of sp³-hybridized carbons (Fsp3) is 0.190. The largest absolute Gasteiger partial charge is 0.506 e. The molecule has 0 aliphatic rings. The molecular weight excluding hydrogens is 386 g/mol. The molecule has 0 saturated heterocycles. The Morgan fingerprint density at radius 3 is 2.69 bits per heavy atom. The summed E-state index contributed by atoms with van der Waals surface area (Å²) in [4.78, 5) is 21.5. The number of benzene rings is 2. The Kier molecular flexibility index (Phi) is 6.54. The number of carbonyl (C=O) groups excluding carboxylic acids is 1. The molecule has 1 amide bonds. The minimum atomic E-state index is -0.168. The van der Waals surface area contributed by atoms with Crippen molar-refractivity contribution in [3.8, 4) is 6.07 Å². The summed E-state index contributed by atoms with van der Waals surface area (Å²) in [6, 6.07) is 17.0. The molecule has 3 rings (SSSR count). The molecule has 148 valence electrons. The summed E-state index contributed by atoms with van der Waals surface area (Å²) < 4.78 is 0. The first-order valence-corrected chi connectivity index (χ1v) is 10.3. The van der Waals surface area contributed by atoms with Gasteiger partial charge in [0.15, 0.2) is 18.1 Å². The van der Waals surface area contributed by atoms with Crippen molar-refractivity contribution < 1.29 is 14.8 Å². The van der Waals surface area contributed by atoms with Crippen LogP contribution in [-0.4, -0.2) is 47.4 Å². The molecule has 1 heterocycles. The third kappa shape index (κ3) is 4.96. The number of aliphatic hydroxyl groups excluding tert-OH is 1. The van der Waals surface area contributed by atoms with Crippen LogP contribution >= 0.6 is 11.8 Å². The number of para-hydroxylation sites is 3. The number of nitrogens with one attached hydrogen (secondary N) is 3. The van der Waals surface area contributed by atoms with Gasteiger partial charge in [-0.2, -0.15) is 5.26 Å². The number of anilines is 1. The molecule has 2 aromatic carbocycles. The monoisotopic (exact) mass is 408 g/mol. The van der Waals surface area contributed by atoms with Crippen LogP contribution in [0.15, 0.2) is 59.2 Å². The molecule has 8 heteroatoms. The predicted molar refractivity (Wildman–Crippen MR) is 115 cm³/mol. The maximum absolute atomic E-state index is 12.4. The average Bonchev–Trinajstić information content (AvgIpc) is 3.12. The zero-order chi connectivity index (χ0) is 20.8. The number of aliphatic hydroxyl groups is 1. The van der Waals surface area contributed by atoms with Crippen molar-refractivity contribution in [1.82, 2.24) is 9.97 Å². The number of hydrogen-bond donors (Lipinski definition) is 4. The molecule has 7 nitrogen and oxygen atoms in total. The van der Waals surface area contributed by atoms with E-state index in [2.05, 4.69) is 15.3 Å². The fourth-order valence-corrected chi connectivity index (χ4v) is 3.53. The van der Waals surface area contributed by atoms with Gasteiger partial charge in [0.2, 0.25) is 0 Å². The van der Waals surface area contributed by atoms with Gasteiger partial charge >= 0.3 is 0 Å². The van der Waals surface area contributed by atoms with Crippen LogP contribution in [-0.2, 0) is 4.79 Å². The molecular formula is C21H22N5O2S+. The SMILES string of the molecule is CSc1ccccc1NC(=O)C[NH+](C)C/C(O)=C(\C#N)c1nc2ccccc2[nH]1. The lowest BCUT2D eigenvalue weighted by atomic mass is 10.2. The molecule has 0 spiro atoms. The van der Waals surface area contributed by atoms with E-state index in [1.807, 2.05) is 60.9 Å². The number of likely N-dealkylation sites (N-methyl/N-ethyl adjacent to an activating group) is 1. The minimum absolute atomic E-state index is 0.0775. The van der Waals surface area contributed by atoms with Gasteiger partial charge in [-0.1, -0.05) is 24.3 Å². The molecule has 0 fully saturated rings. The van der Waals surface area contributed by atoms with Crippen molar-refractivity contribution >= 4 is 40.0 Å². The molecule has 4 N–H and O–H groups in total. The summed E-state index contributed by atoms with van der Waals surface area (Å²) in [5.74, 6) is 0.0396. The van der Waals surface area contributed by atoms with Gasteiger partial charge in [0, 0.05) is 4.90 Å². The number of imidazole rings is 1. The Balaban J connectivity index is 1.68. The summed E-state index contributed by atoms with van der Waals surface area (Å²) in [6.45, 7) is 0.267. The average molecular weight is 409 g/mol. The minimum Gasteiger partial charge on any atom is -0.506 e. The van der Waals surface area contributed by atoms with Gasteiger partial charge in [-0.25, -0.2) is 4.98 Å². The van der Waals surface area contributed by atoms with E-state index in [1.165, 1.54) is 0 Å². The number of nitriles is 1. The Labute approximate surface area is 173 Å². The van der Waals surface area contributed by atoms with Gasteiger partial charge in [0.05, 0.1) is 23.8 Å². The molecule has 0 aliphatic heterocycles. The highest BCUT2D eigenvalue weighted by Crippen LogP contribution is 2.24. The van der Waals surface area contributed by atoms with Gasteiger partial charge in [-0.15, -0.1) is 11.8 Å². The number of aromatic amines is 1. The lowest BCUT2D eigenvalue weighted by Crippen LogP contribution is -3.10. The topological polar surface area (TPSA) is 106 Å². The molecule has 29 heavy (non-hydrogen) atoms. The summed E-state index contributed by atoms with van der Waals surface area (Å²) in [7, 11) is 1.78. The van der Waals surface area contributed by atoms with E-state index in [4.69, 9.17) is 0 Å². The first-order valence-electron chi connectivity index (χ1n) is 9.03. The number of nitrogens with zero attached hydrogens (tertiary/aromatic N) is 2. The fourth-order valence-electron chi connectivity index (χ4n) is 2.98. The van der Waals surface area contributed by atoms with E-state index in [0.717, 1.165) is 26.5 Å². The standard InChI is InChI=1S/C21H21N5O2S/c1-26(13-20(28)23-17-9-5-6-10-19(17)29-2)12-18(27)14(11-22)21-24-15-7-3-4-8-16(15)25-21/h3-10,27H,12-13H2,1-2H3,(H,23,28)(H,24,25)/p+1/b18-14-. The van der Waals surface area contributed by atoms with Gasteiger partial charge in [-0.3, -0.25) is 4.79 Å². The number of allylic oxidation sites excluding steroid dienone is 1. The lowest BCUT2D eigenvalue weighted by Gasteiger charge is -2.15. The normalized spacial score (nSPS) is 12.9. The molecule has 1 aromatic heterocycles. The molecule has 0 radical (unpaired) electrons. The molecule has 0 saturated carbocycles. The summed E-state index contributed by atoms with van der Waals surface area (Å²) in [5, 5.41) is 22.9. The Bertz CT molecular complexity index is 1070. The zero-order valence-electron chi connectivity index (χ0n) is 16.2. The maximum atomic E-state index is 12.4. The van der Waals surface area contributed by atoms with Crippen LogP contribution in [0.2, 0.25) is 0 Å². The maximum Gasteiger partial charge on any atom is 0.279 e. The van der Waals surface area contributed by atoms with Gasteiger partial charge in [0.25, 0.3) is 5.91 Å². The number of aromatic nitrogens is 2. The first-order chi connectivity index (χ1) is 14.0. The number of amides is 1. The van der Waals surface area contributed by atoms with Crippen molar-refractivity contribution in [3.05, 3.63) is 60.1 Å². The van der Waals surface area contributed by atoms with Crippen LogP contribution in [0.1, 0.15) is 5.82 Å². The first kappa shape index (κ1) is 20.5. The summed E-state index contributed by atoms with van der Waals surface area (Å²) >= 11 is 1.56. The van der Waals surface area contributed by atoms with Gasteiger partial charge in [-0.05, 0) is 30.5 Å². The highest BCUT2D eigenvalue weighted by Gasteiger charge is 2.18. The second-order valence-electron chi connectivity index (χ2n) is 6.60. The van der Waals surface area contributed by atoms with Crippen LogP contribution in [0.25, 0.3) is 16.6 Å². The van der Waals surface area contributed by atoms with Crippen LogP contribution in [0.4, 0.5) is 5.69 Å². The van der Waals surface area contributed by atoms with E-state index >= 15 is 0 Å². The van der Waals surface area contributed by atoms with Crippen molar-refractivity contribution in [2.24, 2.45) is 0 Å². The van der Waals surface area contributed by atoms with E-state index in [9.17, 15) is 15.2 Å². The highest BCUT2D eigenvalue weighted by atomic mass is 32.2. The van der Waals surface area contributed by atoms with Gasteiger partial charge < -0.3 is 20.3 Å². The molecule has 3 aromatic rings. The highest BCUT2D eigenvalue weighted by molar-refractivity contribution is 7.98. The number of thioether (sulfide) groups is 1. The second-order valence-corrected chi connectivity index (χ2v) is 7.44. The number of hydrogen-bond acceptors (Lipinski definition) is 5. The molecule has 0 bridgehead atoms. The van der Waals surface area contributed by atoms with Crippen LogP contribution in [0.3, 0.4) is 0 Å². The number of H-pyrrole nitrogens is 1. The molecule has 0 aliphatic carbocycles. The Hall–Kier alpha value is -3.28. The van der Waals surface area contributed by atoms with Gasteiger partial charge in [0.1, 0.15) is 18.2 Å². The van der Waals surface area contributed by atoms with E-state index in [1.54, 1.807) is 18.8 Å². The van der Waals surface area contributed by atoms with E-state index in [0.29, 0.717) is 5.82 Å². The zero-order valence-corrected chi connectivity index (χ0v) is 17.0. The number of carbonyl (C=O) groups is 1. The molecule has 1 atom stereocenters. The number of rotatable bonds is 7. The third-order valence-electron chi connectivity index (χ3n) is 4.34. The van der Waals surface area contributed by atoms with Crippen molar-refractivity contribution in [2.45, 2.75) is 4.90 Å². The molecule has 1 unspecified atom stereocenters. The van der Waals surface area contributed by atoms with Crippen molar-refractivity contribution in [2.75, 3.05) is 31.7 Å². The van der Waals surface area contributed by atoms with Crippen LogP contribution in [0.5, 0.6) is 0 Å². The Morgan fingerprint density at radius 1 is 1.24 bits per heavy atom. The third-order valence-corrected chi connectivity index (χ3v) is 5.14. The van der Waals surface area contributed by atoms with Crippen LogP contribution < -0.4 is 10.2 Å². The second kappa shape index (κ2) is 9.28. The van der Waals surface area contributed by atoms with E-state index < -0.39 is 0 Å².